The van der Waals surface area contributed by atoms with Crippen LogP contribution in [0.5, 0.6) is 0 Å². The van der Waals surface area contributed by atoms with E-state index in [0.29, 0.717) is 45.6 Å². The summed E-state index contributed by atoms with van der Waals surface area (Å²) < 4.78 is 28.3. The minimum absolute atomic E-state index is 0.0485. The molecule has 0 bridgehead atoms. The van der Waals surface area contributed by atoms with Gasteiger partial charge in [-0.05, 0) is 38.3 Å². The fourth-order valence-electron chi connectivity index (χ4n) is 4.24. The number of aromatic nitrogens is 4. The summed E-state index contributed by atoms with van der Waals surface area (Å²) in [7, 11) is -2.51. The molecule has 0 radical (unpaired) electrons. The summed E-state index contributed by atoms with van der Waals surface area (Å²) >= 11 is 0. The summed E-state index contributed by atoms with van der Waals surface area (Å²) in [5, 5.41) is 9.10. The van der Waals surface area contributed by atoms with Crippen LogP contribution in [0.4, 0.5) is 5.95 Å². The van der Waals surface area contributed by atoms with E-state index in [1.165, 1.54) is 9.13 Å². The van der Waals surface area contributed by atoms with Crippen LogP contribution in [0.1, 0.15) is 32.3 Å². The van der Waals surface area contributed by atoms with E-state index in [-0.39, 0.29) is 19.1 Å². The maximum absolute atomic E-state index is 13.4. The van der Waals surface area contributed by atoms with Gasteiger partial charge in [0.05, 0.1) is 11.4 Å². The van der Waals surface area contributed by atoms with Crippen molar-refractivity contribution in [2.24, 2.45) is 5.14 Å². The molecule has 0 aliphatic carbocycles. The monoisotopic (exact) mass is 492 g/mol. The van der Waals surface area contributed by atoms with Gasteiger partial charge in [0.1, 0.15) is 11.0 Å². The number of nitrogens with two attached hydrogens (primary N) is 1. The molecule has 1 atom stereocenters. The molecule has 1 fully saturated rings. The van der Waals surface area contributed by atoms with E-state index in [9.17, 15) is 18.0 Å². The molecule has 0 spiro atoms. The number of imidazole rings is 1. The fraction of sp³-hybridized carbons (Fsp3) is 0.476. The van der Waals surface area contributed by atoms with Crippen LogP contribution in [0.2, 0.25) is 0 Å². The lowest BCUT2D eigenvalue weighted by Gasteiger charge is -2.23. The molecule has 10 nitrogen and oxygen atoms in total. The van der Waals surface area contributed by atoms with Crippen LogP contribution in [0, 0.1) is 0 Å². The highest BCUT2D eigenvalue weighted by Crippen LogP contribution is 2.23. The van der Waals surface area contributed by atoms with Crippen LogP contribution in [-0.2, 0) is 41.4 Å². The van der Waals surface area contributed by atoms with Gasteiger partial charge in [-0.3, -0.25) is 22.7 Å². The van der Waals surface area contributed by atoms with Crippen LogP contribution < -0.4 is 21.7 Å². The second kappa shape index (κ2) is 9.74. The van der Waals surface area contributed by atoms with Gasteiger partial charge in [-0.1, -0.05) is 18.2 Å². The molecule has 1 aromatic carbocycles. The fourth-order valence-corrected chi connectivity index (χ4v) is 6.14. The lowest BCUT2D eigenvalue weighted by molar-refractivity contribution is 0.603. The number of anilines is 1. The number of hydrogen-bond donors (Lipinski definition) is 2. The number of hydrogen-bond acceptors (Lipinski definition) is 6. The Hall–Kier alpha value is -2.57. The summed E-state index contributed by atoms with van der Waals surface area (Å²) in [6.07, 6.45) is 1.44. The maximum atomic E-state index is 13.4. The summed E-state index contributed by atoms with van der Waals surface area (Å²) in [6.45, 7) is 4.39. The summed E-state index contributed by atoms with van der Waals surface area (Å²) in [5.74, 6) is 1.66. The number of benzene rings is 1. The van der Waals surface area contributed by atoms with Gasteiger partial charge in [0.15, 0.2) is 11.2 Å². The zero-order valence-electron chi connectivity index (χ0n) is 18.7. The second-order valence-electron chi connectivity index (χ2n) is 7.94. The summed E-state index contributed by atoms with van der Waals surface area (Å²) in [6, 6.07) is 7.14. The Balaban J connectivity index is 1.93. The van der Waals surface area contributed by atoms with E-state index in [1.54, 1.807) is 23.6 Å². The quantitative estimate of drug-likeness (QED) is 0.500. The predicted molar refractivity (Wildman–Crippen MR) is 130 cm³/mol. The topological polar surface area (TPSA) is 134 Å². The lowest BCUT2D eigenvalue weighted by atomic mass is 10.1. The molecule has 4 rings (SSSR count). The molecule has 33 heavy (non-hydrogen) atoms. The third-order valence-electron chi connectivity index (χ3n) is 5.99. The van der Waals surface area contributed by atoms with E-state index in [4.69, 9.17) is 5.14 Å². The van der Waals surface area contributed by atoms with Gasteiger partial charge in [-0.15, -0.1) is 0 Å². The van der Waals surface area contributed by atoms with Crippen LogP contribution in [-0.4, -0.2) is 44.7 Å². The molecule has 3 N–H and O–H groups in total. The summed E-state index contributed by atoms with van der Waals surface area (Å²) in [5.41, 5.74) is 0.495. The molecular weight excluding hydrogens is 464 g/mol. The third kappa shape index (κ3) is 4.46. The van der Waals surface area contributed by atoms with Gasteiger partial charge in [0.25, 0.3) is 5.56 Å². The molecular formula is C21H28N6O4S2. The minimum atomic E-state index is -1.70. The number of fused-ring (bicyclic) bond motifs is 1. The van der Waals surface area contributed by atoms with Crippen molar-refractivity contribution < 1.29 is 8.42 Å². The first-order chi connectivity index (χ1) is 15.8. The molecule has 3 heterocycles. The van der Waals surface area contributed by atoms with Crippen LogP contribution in [0.25, 0.3) is 11.2 Å². The van der Waals surface area contributed by atoms with Gasteiger partial charge in [0, 0.05) is 41.4 Å². The zero-order chi connectivity index (χ0) is 23.7. The van der Waals surface area contributed by atoms with Gasteiger partial charge < -0.3 is 5.32 Å². The van der Waals surface area contributed by atoms with Gasteiger partial charge >= 0.3 is 5.69 Å². The molecule has 3 aromatic rings. The third-order valence-corrected chi connectivity index (χ3v) is 8.20. The number of nitrogens with one attached hydrogen (secondary N) is 1. The smallest absolute Gasteiger partial charge is 0.332 e. The highest BCUT2D eigenvalue weighted by Gasteiger charge is 2.25. The van der Waals surface area contributed by atoms with Crippen molar-refractivity contribution in [2.75, 3.05) is 16.8 Å². The Morgan fingerprint density at radius 2 is 1.79 bits per heavy atom. The molecule has 1 aliphatic rings. The van der Waals surface area contributed by atoms with Crippen molar-refractivity contribution in [1.82, 2.24) is 18.7 Å². The Kier molecular flexibility index (Phi) is 6.96. The van der Waals surface area contributed by atoms with E-state index in [0.717, 1.165) is 12.8 Å². The molecule has 1 aliphatic heterocycles. The standard InChI is InChI=1S/C21H28N6O4S2/c1-3-25-18-17(19(28)26(4-2)21(25)29)27(13-14-7-5-6-8-16(14)33(22)31)20(24-18)23-15-9-11-32(30)12-10-15/h5-8,15H,3-4,9-13,22H2,1-2H3,(H,23,24). The SMILES string of the molecule is CCn1c(=O)c2c(nc(NC3CCS(=O)CC3)n2Cc2ccccc2S(N)=O)n(CC)c1=O. The van der Waals surface area contributed by atoms with E-state index >= 15 is 0 Å². The Morgan fingerprint density at radius 1 is 1.12 bits per heavy atom. The van der Waals surface area contributed by atoms with E-state index < -0.39 is 33.0 Å². The van der Waals surface area contributed by atoms with Gasteiger partial charge in [-0.2, -0.15) is 4.98 Å². The zero-order valence-corrected chi connectivity index (χ0v) is 20.3. The van der Waals surface area contributed by atoms with E-state index in [1.807, 2.05) is 19.1 Å². The first-order valence-corrected chi connectivity index (χ1v) is 13.6. The van der Waals surface area contributed by atoms with E-state index in [2.05, 4.69) is 10.3 Å². The first kappa shape index (κ1) is 23.6. The van der Waals surface area contributed by atoms with Crippen molar-refractivity contribution in [3.8, 4) is 0 Å². The lowest BCUT2D eigenvalue weighted by Crippen LogP contribution is -2.40. The molecule has 12 heteroatoms. The minimum Gasteiger partial charge on any atom is -0.353 e. The number of aryl methyl sites for hydroxylation is 1. The van der Waals surface area contributed by atoms with Crippen molar-refractivity contribution in [2.45, 2.75) is 57.3 Å². The molecule has 0 amide bonds. The molecule has 1 unspecified atom stereocenters. The normalized spacial score (nSPS) is 19.6. The van der Waals surface area contributed by atoms with Crippen LogP contribution in [0.15, 0.2) is 38.8 Å². The molecule has 2 aromatic heterocycles. The maximum Gasteiger partial charge on any atom is 0.332 e. The van der Waals surface area contributed by atoms with Crippen LogP contribution in [0.3, 0.4) is 0 Å². The molecule has 1 saturated heterocycles. The number of nitrogens with zero attached hydrogens (tertiary/aromatic N) is 4. The van der Waals surface area contributed by atoms with Gasteiger partial charge in [0.2, 0.25) is 5.95 Å². The highest BCUT2D eigenvalue weighted by molar-refractivity contribution is 7.85. The Morgan fingerprint density at radius 3 is 2.42 bits per heavy atom. The average Bonchev–Trinajstić information content (AvgIpc) is 3.14. The van der Waals surface area contributed by atoms with Gasteiger partial charge in [-0.25, -0.2) is 14.1 Å². The second-order valence-corrected chi connectivity index (χ2v) is 10.7. The van der Waals surface area contributed by atoms with Crippen molar-refractivity contribution in [3.63, 3.8) is 0 Å². The predicted octanol–water partition coefficient (Wildman–Crippen LogP) is 0.752. The Bertz CT molecular complexity index is 1350. The van der Waals surface area contributed by atoms with Crippen molar-refractivity contribution in [3.05, 3.63) is 50.7 Å². The van der Waals surface area contributed by atoms with Crippen LogP contribution >= 0.6 is 0 Å². The molecule has 0 saturated carbocycles. The average molecular weight is 493 g/mol. The molecule has 178 valence electrons. The Labute approximate surface area is 195 Å². The van der Waals surface area contributed by atoms with Crippen molar-refractivity contribution >= 4 is 38.9 Å². The largest absolute Gasteiger partial charge is 0.353 e. The van der Waals surface area contributed by atoms with Crippen molar-refractivity contribution in [1.29, 1.82) is 0 Å². The first-order valence-electron chi connectivity index (χ1n) is 10.9. The summed E-state index contributed by atoms with van der Waals surface area (Å²) in [4.78, 5) is 31.4. The number of rotatable bonds is 7. The highest BCUT2D eigenvalue weighted by atomic mass is 32.2.